The fraction of sp³-hybridized carbons (Fsp3) is 0.355. The number of nitrogens with one attached hydrogen (secondary N) is 1. The van der Waals surface area contributed by atoms with Crippen LogP contribution in [0.1, 0.15) is 46.6 Å². The Kier molecular flexibility index (Phi) is 10.8. The number of carbonyl (C=O) groups is 2. The van der Waals surface area contributed by atoms with Gasteiger partial charge in [0.15, 0.2) is 0 Å². The van der Waals surface area contributed by atoms with Gasteiger partial charge in [-0.15, -0.1) is 0 Å². The molecule has 3 aromatic carbocycles. The smallest absolute Gasteiger partial charge is 0.264 e. The zero-order valence-corrected chi connectivity index (χ0v) is 25.7. The molecule has 0 saturated carbocycles. The van der Waals surface area contributed by atoms with E-state index < -0.39 is 34.1 Å². The van der Waals surface area contributed by atoms with Gasteiger partial charge in [0.25, 0.3) is 10.0 Å². The predicted molar refractivity (Wildman–Crippen MR) is 163 cm³/mol. The third kappa shape index (κ3) is 8.47. The zero-order valence-electron chi connectivity index (χ0n) is 24.1. The van der Waals surface area contributed by atoms with Crippen molar-refractivity contribution in [1.29, 1.82) is 0 Å². The van der Waals surface area contributed by atoms with Crippen molar-refractivity contribution >= 4 is 39.1 Å². The summed E-state index contributed by atoms with van der Waals surface area (Å²) in [6.07, 6.45) is 0.333. The summed E-state index contributed by atoms with van der Waals surface area (Å²) in [5.74, 6) is -0.535. The van der Waals surface area contributed by atoms with Crippen LogP contribution < -0.4 is 14.4 Å². The number of amides is 2. The van der Waals surface area contributed by atoms with E-state index in [1.54, 1.807) is 31.2 Å². The first-order valence-electron chi connectivity index (χ1n) is 13.5. The average molecular weight is 600 g/mol. The molecule has 0 aliphatic rings. The van der Waals surface area contributed by atoms with Crippen LogP contribution in [-0.4, -0.2) is 49.9 Å². The molecule has 1 N–H and O–H groups in total. The molecule has 0 aliphatic heterocycles. The summed E-state index contributed by atoms with van der Waals surface area (Å²) >= 11 is 6.03. The van der Waals surface area contributed by atoms with Crippen molar-refractivity contribution in [2.75, 3.05) is 17.5 Å². The molecule has 220 valence electrons. The maximum absolute atomic E-state index is 14.2. The standard InChI is InChI=1S/C31H38ClN3O5S/c1-6-26(30(37)33-31(3,4)5)34(21-23-13-9-8-10-14-23)29(36)22-35(27-15-11-12-16-28(27)40-7-2)41(38,39)25-19-17-24(32)18-20-25/h8-20,26H,6-7,21-22H2,1-5H3,(H,33,37)/t26-/m0/s1. The highest BCUT2D eigenvalue weighted by Gasteiger charge is 2.35. The minimum absolute atomic E-state index is 0.0341. The maximum atomic E-state index is 14.2. The average Bonchev–Trinajstić information content (AvgIpc) is 2.92. The van der Waals surface area contributed by atoms with E-state index in [0.29, 0.717) is 23.8 Å². The molecule has 0 fully saturated rings. The molecule has 0 saturated heterocycles. The molecule has 0 aromatic heterocycles. The summed E-state index contributed by atoms with van der Waals surface area (Å²) in [4.78, 5) is 29.0. The number of hydrogen-bond donors (Lipinski definition) is 1. The van der Waals surface area contributed by atoms with Crippen LogP contribution in [0.15, 0.2) is 83.8 Å². The number of nitrogens with zero attached hydrogens (tertiary/aromatic N) is 2. The number of anilines is 1. The predicted octanol–water partition coefficient (Wildman–Crippen LogP) is 5.66. The summed E-state index contributed by atoms with van der Waals surface area (Å²) in [6.45, 7) is 9.08. The van der Waals surface area contributed by atoms with Gasteiger partial charge >= 0.3 is 0 Å². The number of hydrogen-bond acceptors (Lipinski definition) is 5. The SMILES string of the molecule is CCOc1ccccc1N(CC(=O)N(Cc1ccccc1)[C@@H](CC)C(=O)NC(C)(C)C)S(=O)(=O)c1ccc(Cl)cc1. The fourth-order valence-corrected chi connectivity index (χ4v) is 5.89. The van der Waals surface area contributed by atoms with Gasteiger partial charge < -0.3 is 15.0 Å². The minimum Gasteiger partial charge on any atom is -0.492 e. The molecule has 41 heavy (non-hydrogen) atoms. The number of halogens is 1. The molecule has 10 heteroatoms. The Bertz CT molecular complexity index is 1420. The molecule has 0 aliphatic carbocycles. The van der Waals surface area contributed by atoms with Crippen LogP contribution in [0.5, 0.6) is 5.75 Å². The monoisotopic (exact) mass is 599 g/mol. The second kappa shape index (κ2) is 13.9. The van der Waals surface area contributed by atoms with Crippen molar-refractivity contribution in [2.45, 2.75) is 64.1 Å². The molecular formula is C31H38ClN3O5S. The first-order valence-corrected chi connectivity index (χ1v) is 15.3. The third-order valence-electron chi connectivity index (χ3n) is 6.19. The molecular weight excluding hydrogens is 562 g/mol. The lowest BCUT2D eigenvalue weighted by molar-refractivity contribution is -0.141. The summed E-state index contributed by atoms with van der Waals surface area (Å²) in [5.41, 5.74) is 0.501. The van der Waals surface area contributed by atoms with E-state index in [9.17, 15) is 18.0 Å². The van der Waals surface area contributed by atoms with Crippen molar-refractivity contribution in [3.05, 3.63) is 89.4 Å². The van der Waals surface area contributed by atoms with E-state index in [2.05, 4.69) is 5.32 Å². The van der Waals surface area contributed by atoms with E-state index in [1.807, 2.05) is 58.0 Å². The largest absolute Gasteiger partial charge is 0.492 e. The molecule has 0 bridgehead atoms. The molecule has 3 aromatic rings. The van der Waals surface area contributed by atoms with E-state index in [1.165, 1.54) is 29.2 Å². The quantitative estimate of drug-likeness (QED) is 0.290. The van der Waals surface area contributed by atoms with Gasteiger partial charge in [-0.25, -0.2) is 8.42 Å². The highest BCUT2D eigenvalue weighted by molar-refractivity contribution is 7.92. The number of rotatable bonds is 12. The highest BCUT2D eigenvalue weighted by Crippen LogP contribution is 2.33. The van der Waals surface area contributed by atoms with Crippen molar-refractivity contribution < 1.29 is 22.7 Å². The summed E-state index contributed by atoms with van der Waals surface area (Å²) in [6, 6.07) is 20.9. The summed E-state index contributed by atoms with van der Waals surface area (Å²) in [5, 5.41) is 3.35. The van der Waals surface area contributed by atoms with Crippen molar-refractivity contribution in [1.82, 2.24) is 10.2 Å². The Hall–Kier alpha value is -3.56. The third-order valence-corrected chi connectivity index (χ3v) is 8.22. The van der Waals surface area contributed by atoms with Gasteiger partial charge in [0, 0.05) is 17.1 Å². The number of para-hydroxylation sites is 2. The lowest BCUT2D eigenvalue weighted by Crippen LogP contribution is -2.55. The normalized spacial score (nSPS) is 12.3. The van der Waals surface area contributed by atoms with Gasteiger partial charge in [-0.3, -0.25) is 13.9 Å². The molecule has 3 rings (SSSR count). The topological polar surface area (TPSA) is 96.0 Å². The second-order valence-corrected chi connectivity index (χ2v) is 12.8. The van der Waals surface area contributed by atoms with Crippen molar-refractivity contribution in [2.24, 2.45) is 0 Å². The molecule has 2 amide bonds. The lowest BCUT2D eigenvalue weighted by Gasteiger charge is -2.35. The number of sulfonamides is 1. The highest BCUT2D eigenvalue weighted by atomic mass is 35.5. The molecule has 1 atom stereocenters. The van der Waals surface area contributed by atoms with Crippen molar-refractivity contribution in [3.8, 4) is 5.75 Å². The molecule has 0 spiro atoms. The molecule has 0 heterocycles. The fourth-order valence-electron chi connectivity index (χ4n) is 4.34. The second-order valence-electron chi connectivity index (χ2n) is 10.5. The molecule has 8 nitrogen and oxygen atoms in total. The van der Waals surface area contributed by atoms with Crippen LogP contribution in [-0.2, 0) is 26.2 Å². The summed E-state index contributed by atoms with van der Waals surface area (Å²) in [7, 11) is -4.25. The van der Waals surface area contributed by atoms with E-state index in [4.69, 9.17) is 16.3 Å². The zero-order chi connectivity index (χ0) is 30.2. The summed E-state index contributed by atoms with van der Waals surface area (Å²) < 4.78 is 34.9. The molecule has 0 unspecified atom stereocenters. The van der Waals surface area contributed by atoms with Crippen molar-refractivity contribution in [3.63, 3.8) is 0 Å². The van der Waals surface area contributed by atoms with Crippen LogP contribution in [0.3, 0.4) is 0 Å². The van der Waals surface area contributed by atoms with E-state index >= 15 is 0 Å². The van der Waals surface area contributed by atoms with E-state index in [0.717, 1.165) is 9.87 Å². The van der Waals surface area contributed by atoms with Crippen LogP contribution in [0.4, 0.5) is 5.69 Å². The number of carbonyl (C=O) groups excluding carboxylic acids is 2. The molecule has 0 radical (unpaired) electrons. The van der Waals surface area contributed by atoms with Gasteiger partial charge in [-0.05, 0) is 76.1 Å². The minimum atomic E-state index is -4.25. The van der Waals surface area contributed by atoms with Gasteiger partial charge in [0.1, 0.15) is 18.3 Å². The Balaban J connectivity index is 2.11. The van der Waals surface area contributed by atoms with Gasteiger partial charge in [0.05, 0.1) is 17.2 Å². The maximum Gasteiger partial charge on any atom is 0.264 e. The first kappa shape index (κ1) is 32.0. The van der Waals surface area contributed by atoms with E-state index in [-0.39, 0.29) is 23.0 Å². The number of benzene rings is 3. The van der Waals surface area contributed by atoms with Crippen LogP contribution in [0.25, 0.3) is 0 Å². The Morgan fingerprint density at radius 3 is 2.12 bits per heavy atom. The first-order chi connectivity index (χ1) is 19.4. The Morgan fingerprint density at radius 2 is 1.54 bits per heavy atom. The van der Waals surface area contributed by atoms with Crippen LogP contribution >= 0.6 is 11.6 Å². The van der Waals surface area contributed by atoms with Crippen LogP contribution in [0.2, 0.25) is 5.02 Å². The van der Waals surface area contributed by atoms with Gasteiger partial charge in [0.2, 0.25) is 11.8 Å². The lowest BCUT2D eigenvalue weighted by atomic mass is 10.1. The Morgan fingerprint density at radius 1 is 0.927 bits per heavy atom. The van der Waals surface area contributed by atoms with Gasteiger partial charge in [-0.1, -0.05) is 61.0 Å². The van der Waals surface area contributed by atoms with Gasteiger partial charge in [-0.2, -0.15) is 0 Å². The van der Waals surface area contributed by atoms with Crippen LogP contribution in [0, 0.1) is 0 Å². The number of ether oxygens (including phenoxy) is 1. The Labute approximate surface area is 248 Å².